The van der Waals surface area contributed by atoms with Gasteiger partial charge in [-0.25, -0.2) is 4.79 Å². The van der Waals surface area contributed by atoms with Gasteiger partial charge in [0.1, 0.15) is 0 Å². The number of benzene rings is 2. The summed E-state index contributed by atoms with van der Waals surface area (Å²) >= 11 is 1.58. The number of carbonyl (C=O) groups excluding carboxylic acids is 1. The van der Waals surface area contributed by atoms with Crippen LogP contribution in [0.3, 0.4) is 0 Å². The highest BCUT2D eigenvalue weighted by Gasteiger charge is 2.09. The van der Waals surface area contributed by atoms with Crippen molar-refractivity contribution in [3.05, 3.63) is 42.5 Å². The summed E-state index contributed by atoms with van der Waals surface area (Å²) in [6.45, 7) is 0. The van der Waals surface area contributed by atoms with Crippen LogP contribution in [0.1, 0.15) is 0 Å². The Morgan fingerprint density at radius 1 is 1.00 bits per heavy atom. The van der Waals surface area contributed by atoms with Gasteiger partial charge in [-0.3, -0.25) is 0 Å². The fraction of sp³-hybridized carbons (Fsp3) is 0.188. The van der Waals surface area contributed by atoms with E-state index in [9.17, 15) is 4.79 Å². The van der Waals surface area contributed by atoms with E-state index < -0.39 is 0 Å². The summed E-state index contributed by atoms with van der Waals surface area (Å²) in [6.07, 6.45) is 1.97. The number of anilines is 2. The maximum Gasteiger partial charge on any atom is 0.323 e. The van der Waals surface area contributed by atoms with Gasteiger partial charge in [0.2, 0.25) is 0 Å². The molecule has 2 N–H and O–H groups in total. The van der Waals surface area contributed by atoms with Gasteiger partial charge in [0, 0.05) is 16.6 Å². The Morgan fingerprint density at radius 3 is 2.41 bits per heavy atom. The molecule has 0 fully saturated rings. The van der Waals surface area contributed by atoms with Crippen molar-refractivity contribution in [3.63, 3.8) is 0 Å². The lowest BCUT2D eigenvalue weighted by Gasteiger charge is -2.12. The number of hydrogen-bond donors (Lipinski definition) is 2. The van der Waals surface area contributed by atoms with Gasteiger partial charge in [-0.05, 0) is 30.5 Å². The molecular formula is C16H18N2O3S. The summed E-state index contributed by atoms with van der Waals surface area (Å²) in [5.74, 6) is 1.17. The molecule has 2 amide bonds. The molecule has 0 spiro atoms. The Labute approximate surface area is 134 Å². The third-order valence-electron chi connectivity index (χ3n) is 3.00. The Bertz CT molecular complexity index is 662. The number of carbonyl (C=O) groups is 1. The molecule has 2 aromatic carbocycles. The first kappa shape index (κ1) is 16.0. The van der Waals surface area contributed by atoms with E-state index in [1.54, 1.807) is 44.2 Å². The van der Waals surface area contributed by atoms with Gasteiger partial charge in [-0.1, -0.05) is 12.1 Å². The zero-order valence-electron chi connectivity index (χ0n) is 12.7. The minimum Gasteiger partial charge on any atom is -0.493 e. The van der Waals surface area contributed by atoms with Crippen LogP contribution in [0, 0.1) is 0 Å². The van der Waals surface area contributed by atoms with E-state index in [4.69, 9.17) is 9.47 Å². The summed E-state index contributed by atoms with van der Waals surface area (Å²) in [7, 11) is 3.12. The van der Waals surface area contributed by atoms with Crippen LogP contribution in [0.4, 0.5) is 16.2 Å². The average molecular weight is 318 g/mol. The van der Waals surface area contributed by atoms with Crippen molar-refractivity contribution in [3.8, 4) is 11.5 Å². The van der Waals surface area contributed by atoms with Crippen LogP contribution in [0.15, 0.2) is 47.4 Å². The van der Waals surface area contributed by atoms with Crippen LogP contribution in [0.5, 0.6) is 11.5 Å². The molecule has 0 aromatic heterocycles. The van der Waals surface area contributed by atoms with Crippen molar-refractivity contribution in [2.75, 3.05) is 31.1 Å². The van der Waals surface area contributed by atoms with Crippen molar-refractivity contribution in [1.29, 1.82) is 0 Å². The Hall–Kier alpha value is -2.34. The zero-order chi connectivity index (χ0) is 15.9. The van der Waals surface area contributed by atoms with E-state index in [2.05, 4.69) is 10.6 Å². The van der Waals surface area contributed by atoms with Crippen LogP contribution in [-0.4, -0.2) is 26.5 Å². The molecule has 5 nitrogen and oxygen atoms in total. The monoisotopic (exact) mass is 318 g/mol. The van der Waals surface area contributed by atoms with Crippen molar-refractivity contribution < 1.29 is 14.3 Å². The lowest BCUT2D eigenvalue weighted by molar-refractivity contribution is 0.262. The molecule has 2 aromatic rings. The smallest absolute Gasteiger partial charge is 0.323 e. The number of amides is 2. The van der Waals surface area contributed by atoms with Gasteiger partial charge in [0.15, 0.2) is 11.5 Å². The number of rotatable bonds is 5. The number of methoxy groups -OCH3 is 2. The SMILES string of the molecule is COc1ccc(NC(=O)Nc2ccccc2SC)cc1OC. The normalized spacial score (nSPS) is 9.95. The first-order valence-corrected chi connectivity index (χ1v) is 7.83. The molecule has 2 rings (SSSR count). The highest BCUT2D eigenvalue weighted by molar-refractivity contribution is 7.98. The average Bonchev–Trinajstić information content (AvgIpc) is 2.55. The molecule has 116 valence electrons. The van der Waals surface area contributed by atoms with Gasteiger partial charge < -0.3 is 20.1 Å². The predicted molar refractivity (Wildman–Crippen MR) is 90.4 cm³/mol. The van der Waals surface area contributed by atoms with Crippen molar-refractivity contribution >= 4 is 29.2 Å². The summed E-state index contributed by atoms with van der Waals surface area (Å²) in [5.41, 5.74) is 1.39. The van der Waals surface area contributed by atoms with Gasteiger partial charge in [0.25, 0.3) is 0 Å². The number of nitrogens with one attached hydrogen (secondary N) is 2. The Morgan fingerprint density at radius 2 is 1.73 bits per heavy atom. The first-order chi connectivity index (χ1) is 10.7. The van der Waals surface area contributed by atoms with Crippen LogP contribution >= 0.6 is 11.8 Å². The number of para-hydroxylation sites is 1. The molecule has 0 atom stereocenters. The Balaban J connectivity index is 2.09. The second kappa shape index (κ2) is 7.61. The number of hydrogen-bond acceptors (Lipinski definition) is 4. The molecule has 6 heteroatoms. The van der Waals surface area contributed by atoms with Gasteiger partial charge in [-0.2, -0.15) is 0 Å². The van der Waals surface area contributed by atoms with E-state index in [0.717, 1.165) is 10.6 Å². The van der Waals surface area contributed by atoms with Gasteiger partial charge >= 0.3 is 6.03 Å². The number of ether oxygens (including phenoxy) is 2. The van der Waals surface area contributed by atoms with E-state index in [1.807, 2.05) is 30.5 Å². The van der Waals surface area contributed by atoms with E-state index in [-0.39, 0.29) is 6.03 Å². The lowest BCUT2D eigenvalue weighted by Crippen LogP contribution is -2.19. The highest BCUT2D eigenvalue weighted by atomic mass is 32.2. The third-order valence-corrected chi connectivity index (χ3v) is 3.79. The predicted octanol–water partition coefficient (Wildman–Crippen LogP) is 4.07. The molecule has 0 aliphatic carbocycles. The second-order valence-electron chi connectivity index (χ2n) is 4.35. The molecule has 0 unspecified atom stereocenters. The van der Waals surface area contributed by atoms with Crippen LogP contribution in [0.25, 0.3) is 0 Å². The lowest BCUT2D eigenvalue weighted by atomic mass is 10.2. The van der Waals surface area contributed by atoms with Gasteiger partial charge in [-0.15, -0.1) is 11.8 Å². The van der Waals surface area contributed by atoms with E-state index >= 15 is 0 Å². The largest absolute Gasteiger partial charge is 0.493 e. The quantitative estimate of drug-likeness (QED) is 0.816. The molecular weight excluding hydrogens is 300 g/mol. The summed E-state index contributed by atoms with van der Waals surface area (Å²) < 4.78 is 10.4. The minimum absolute atomic E-state index is 0.311. The molecule has 0 saturated heterocycles. The van der Waals surface area contributed by atoms with Gasteiger partial charge in [0.05, 0.1) is 19.9 Å². The zero-order valence-corrected chi connectivity index (χ0v) is 13.5. The number of thioether (sulfide) groups is 1. The molecule has 0 saturated carbocycles. The van der Waals surface area contributed by atoms with Crippen LogP contribution < -0.4 is 20.1 Å². The standard InChI is InChI=1S/C16H18N2O3S/c1-20-13-9-8-11(10-14(13)21-2)17-16(19)18-12-6-4-5-7-15(12)22-3/h4-10H,1-3H3,(H2,17,18,19). The van der Waals surface area contributed by atoms with Crippen molar-refractivity contribution in [2.24, 2.45) is 0 Å². The molecule has 0 heterocycles. The Kier molecular flexibility index (Phi) is 5.55. The molecule has 22 heavy (non-hydrogen) atoms. The van der Waals surface area contributed by atoms with Crippen molar-refractivity contribution in [1.82, 2.24) is 0 Å². The maximum absolute atomic E-state index is 12.1. The minimum atomic E-state index is -0.311. The first-order valence-electron chi connectivity index (χ1n) is 6.61. The van der Waals surface area contributed by atoms with Crippen LogP contribution in [0.2, 0.25) is 0 Å². The van der Waals surface area contributed by atoms with E-state index in [0.29, 0.717) is 17.2 Å². The summed E-state index contributed by atoms with van der Waals surface area (Å²) in [5, 5.41) is 5.61. The fourth-order valence-electron chi connectivity index (χ4n) is 1.95. The third kappa shape index (κ3) is 3.85. The van der Waals surface area contributed by atoms with E-state index in [1.165, 1.54) is 0 Å². The fourth-order valence-corrected chi connectivity index (χ4v) is 2.50. The van der Waals surface area contributed by atoms with Crippen molar-refractivity contribution in [2.45, 2.75) is 4.90 Å². The van der Waals surface area contributed by atoms with Crippen LogP contribution in [-0.2, 0) is 0 Å². The molecule has 0 aliphatic rings. The molecule has 0 radical (unpaired) electrons. The second-order valence-corrected chi connectivity index (χ2v) is 5.20. The topological polar surface area (TPSA) is 59.6 Å². The maximum atomic E-state index is 12.1. The number of urea groups is 1. The molecule has 0 aliphatic heterocycles. The highest BCUT2D eigenvalue weighted by Crippen LogP contribution is 2.30. The summed E-state index contributed by atoms with van der Waals surface area (Å²) in [6, 6.07) is 12.5. The summed E-state index contributed by atoms with van der Waals surface area (Å²) in [4.78, 5) is 13.1. The molecule has 0 bridgehead atoms.